The van der Waals surface area contributed by atoms with Crippen molar-refractivity contribution in [3.63, 3.8) is 0 Å². The maximum Gasteiger partial charge on any atom is 0.308 e. The molecule has 1 aromatic rings. The summed E-state index contributed by atoms with van der Waals surface area (Å²) in [6, 6.07) is 0.627. The van der Waals surface area contributed by atoms with Crippen molar-refractivity contribution in [1.82, 2.24) is 15.4 Å². The minimum atomic E-state index is -0.896. The molecular weight excluding hydrogens is 398 g/mol. The van der Waals surface area contributed by atoms with Crippen LogP contribution in [0.5, 0.6) is 0 Å². The predicted molar refractivity (Wildman–Crippen MR) is 116 cm³/mol. The highest BCUT2D eigenvalue weighted by atomic mass is 16.5. The van der Waals surface area contributed by atoms with Crippen LogP contribution < -0.4 is 5.32 Å². The Bertz CT molecular complexity index is 703. The topological polar surface area (TPSA) is 102 Å². The molecular formula is C23H37N3O5. The Hall–Kier alpha value is -2.38. The molecule has 31 heavy (non-hydrogen) atoms. The number of hydrogen-bond donors (Lipinski definition) is 1. The number of ether oxygens (including phenoxy) is 1. The Morgan fingerprint density at radius 1 is 1.13 bits per heavy atom. The summed E-state index contributed by atoms with van der Waals surface area (Å²) in [4.78, 5) is 38.6. The number of hydrogen-bond acceptors (Lipinski definition) is 6. The molecule has 0 aromatic carbocycles. The molecule has 174 valence electrons. The molecule has 1 aliphatic rings. The maximum atomic E-state index is 12.7. The fraction of sp³-hybridized carbons (Fsp3) is 0.739. The Labute approximate surface area is 185 Å². The van der Waals surface area contributed by atoms with E-state index in [1.54, 1.807) is 6.92 Å². The molecule has 0 radical (unpaired) electrons. The first-order valence-corrected chi connectivity index (χ1v) is 11.7. The van der Waals surface area contributed by atoms with Crippen LogP contribution in [0.1, 0.15) is 93.8 Å². The van der Waals surface area contributed by atoms with Crippen LogP contribution in [0.4, 0.5) is 0 Å². The van der Waals surface area contributed by atoms with E-state index in [9.17, 15) is 14.4 Å². The predicted octanol–water partition coefficient (Wildman–Crippen LogP) is 3.78. The van der Waals surface area contributed by atoms with Gasteiger partial charge in [-0.05, 0) is 13.3 Å². The van der Waals surface area contributed by atoms with E-state index in [1.165, 1.54) is 55.9 Å². The van der Waals surface area contributed by atoms with Gasteiger partial charge in [0.2, 0.25) is 11.7 Å². The average molecular weight is 436 g/mol. The van der Waals surface area contributed by atoms with Gasteiger partial charge >= 0.3 is 5.97 Å². The van der Waals surface area contributed by atoms with Crippen LogP contribution in [0.15, 0.2) is 10.6 Å². The van der Waals surface area contributed by atoms with E-state index in [1.807, 2.05) is 0 Å². The first kappa shape index (κ1) is 24.9. The van der Waals surface area contributed by atoms with Gasteiger partial charge < -0.3 is 19.5 Å². The van der Waals surface area contributed by atoms with Crippen LogP contribution in [-0.2, 0) is 14.3 Å². The van der Waals surface area contributed by atoms with E-state index in [2.05, 4.69) is 17.4 Å². The van der Waals surface area contributed by atoms with Gasteiger partial charge in [0.1, 0.15) is 6.04 Å². The normalized spacial score (nSPS) is 16.3. The van der Waals surface area contributed by atoms with Gasteiger partial charge in [0.15, 0.2) is 0 Å². The second-order valence-corrected chi connectivity index (χ2v) is 8.24. The van der Waals surface area contributed by atoms with Gasteiger partial charge in [-0.25, -0.2) is 0 Å². The first-order chi connectivity index (χ1) is 15.0. The standard InChI is InChI=1S/C23H37N3O5/c1-3-4-5-6-7-8-9-10-11-12-15-30-21(27)17-19-22(28)24-13-14-26(19)23(29)20-16-18(2)25-31-20/h16,19H,3-15,17H2,1-2H3,(H,24,28). The molecule has 0 spiro atoms. The quantitative estimate of drug-likeness (QED) is 0.352. The molecule has 2 heterocycles. The molecule has 1 atom stereocenters. The van der Waals surface area contributed by atoms with Crippen LogP contribution in [0.25, 0.3) is 0 Å². The van der Waals surface area contributed by atoms with E-state index in [0.29, 0.717) is 25.4 Å². The summed E-state index contributed by atoms with van der Waals surface area (Å²) in [5, 5.41) is 6.42. The van der Waals surface area contributed by atoms with Crippen molar-refractivity contribution < 1.29 is 23.6 Å². The van der Waals surface area contributed by atoms with Crippen molar-refractivity contribution >= 4 is 17.8 Å². The highest BCUT2D eigenvalue weighted by molar-refractivity contribution is 5.97. The Kier molecular flexibility index (Phi) is 11.1. The van der Waals surface area contributed by atoms with Crippen LogP contribution in [-0.4, -0.2) is 53.6 Å². The number of esters is 1. The number of carbonyl (C=O) groups is 3. The maximum absolute atomic E-state index is 12.7. The lowest BCUT2D eigenvalue weighted by atomic mass is 10.1. The third-order valence-corrected chi connectivity index (χ3v) is 5.55. The number of amides is 2. The largest absolute Gasteiger partial charge is 0.466 e. The van der Waals surface area contributed by atoms with E-state index >= 15 is 0 Å². The Morgan fingerprint density at radius 3 is 2.39 bits per heavy atom. The van der Waals surface area contributed by atoms with Gasteiger partial charge in [0.25, 0.3) is 5.91 Å². The molecule has 0 aliphatic carbocycles. The summed E-state index contributed by atoms with van der Waals surface area (Å²) in [5.74, 6) is -1.20. The van der Waals surface area contributed by atoms with Crippen molar-refractivity contribution in [3.05, 3.63) is 17.5 Å². The zero-order valence-corrected chi connectivity index (χ0v) is 19.0. The highest BCUT2D eigenvalue weighted by Crippen LogP contribution is 2.16. The van der Waals surface area contributed by atoms with E-state index in [0.717, 1.165) is 19.3 Å². The first-order valence-electron chi connectivity index (χ1n) is 11.7. The SMILES string of the molecule is CCCCCCCCCCCCOC(=O)CC1C(=O)NCCN1C(=O)c1cc(C)no1. The lowest BCUT2D eigenvalue weighted by Gasteiger charge is -2.33. The smallest absolute Gasteiger partial charge is 0.308 e. The van der Waals surface area contributed by atoms with E-state index < -0.39 is 17.9 Å². The van der Waals surface area contributed by atoms with Gasteiger partial charge in [0, 0.05) is 19.2 Å². The number of aromatic nitrogens is 1. The highest BCUT2D eigenvalue weighted by Gasteiger charge is 2.36. The summed E-state index contributed by atoms with van der Waals surface area (Å²) in [7, 11) is 0. The zero-order valence-electron chi connectivity index (χ0n) is 19.0. The van der Waals surface area contributed by atoms with Crippen LogP contribution in [0, 0.1) is 6.92 Å². The van der Waals surface area contributed by atoms with Crippen LogP contribution >= 0.6 is 0 Å². The number of rotatable bonds is 14. The van der Waals surface area contributed by atoms with Gasteiger partial charge in [-0.1, -0.05) is 69.9 Å². The molecule has 0 bridgehead atoms. The molecule has 1 saturated heterocycles. The third-order valence-electron chi connectivity index (χ3n) is 5.55. The van der Waals surface area contributed by atoms with Crippen molar-refractivity contribution in [2.75, 3.05) is 19.7 Å². The molecule has 2 rings (SSSR count). The number of carbonyl (C=O) groups excluding carboxylic acids is 3. The monoisotopic (exact) mass is 435 g/mol. The number of unbranched alkanes of at least 4 members (excludes halogenated alkanes) is 9. The summed E-state index contributed by atoms with van der Waals surface area (Å²) >= 11 is 0. The Morgan fingerprint density at radius 2 is 1.77 bits per heavy atom. The Balaban J connectivity index is 1.65. The van der Waals surface area contributed by atoms with Gasteiger partial charge in [-0.3, -0.25) is 14.4 Å². The van der Waals surface area contributed by atoms with Gasteiger partial charge in [-0.15, -0.1) is 0 Å². The molecule has 1 aliphatic heterocycles. The molecule has 1 unspecified atom stereocenters. The number of nitrogens with one attached hydrogen (secondary N) is 1. The van der Waals surface area contributed by atoms with Crippen LogP contribution in [0.3, 0.4) is 0 Å². The van der Waals surface area contributed by atoms with Crippen LogP contribution in [0.2, 0.25) is 0 Å². The lowest BCUT2D eigenvalue weighted by molar-refractivity contribution is -0.147. The average Bonchev–Trinajstić information content (AvgIpc) is 3.19. The van der Waals surface area contributed by atoms with Gasteiger partial charge in [-0.2, -0.15) is 0 Å². The molecule has 1 fully saturated rings. The molecule has 0 saturated carbocycles. The van der Waals surface area contributed by atoms with Crippen molar-refractivity contribution in [2.24, 2.45) is 0 Å². The fourth-order valence-electron chi connectivity index (χ4n) is 3.76. The number of aryl methyl sites for hydroxylation is 1. The minimum Gasteiger partial charge on any atom is -0.466 e. The van der Waals surface area contributed by atoms with Gasteiger partial charge in [0.05, 0.1) is 18.7 Å². The summed E-state index contributed by atoms with van der Waals surface area (Å²) < 4.78 is 10.3. The minimum absolute atomic E-state index is 0.0657. The number of nitrogens with zero attached hydrogens (tertiary/aromatic N) is 2. The lowest BCUT2D eigenvalue weighted by Crippen LogP contribution is -2.57. The fourth-order valence-corrected chi connectivity index (χ4v) is 3.76. The second kappa shape index (κ2) is 13.8. The third kappa shape index (κ3) is 8.71. The number of piperazine rings is 1. The zero-order chi connectivity index (χ0) is 22.5. The summed E-state index contributed by atoms with van der Waals surface area (Å²) in [5.41, 5.74) is 0.581. The molecule has 1 N–H and O–H groups in total. The second-order valence-electron chi connectivity index (χ2n) is 8.24. The molecule has 8 heteroatoms. The molecule has 1 aromatic heterocycles. The summed E-state index contributed by atoms with van der Waals surface area (Å²) in [6.07, 6.45) is 11.9. The molecule has 8 nitrogen and oxygen atoms in total. The summed E-state index contributed by atoms with van der Waals surface area (Å²) in [6.45, 7) is 4.93. The van der Waals surface area contributed by atoms with Crippen molar-refractivity contribution in [3.8, 4) is 0 Å². The molecule has 2 amide bonds. The van der Waals surface area contributed by atoms with Crippen molar-refractivity contribution in [1.29, 1.82) is 0 Å². The van der Waals surface area contributed by atoms with E-state index in [4.69, 9.17) is 9.26 Å². The van der Waals surface area contributed by atoms with Crippen molar-refractivity contribution in [2.45, 2.75) is 90.5 Å². The van der Waals surface area contributed by atoms with E-state index in [-0.39, 0.29) is 18.1 Å².